The highest BCUT2D eigenvalue weighted by Gasteiger charge is 2.12. The first-order valence-corrected chi connectivity index (χ1v) is 4.56. The average Bonchev–Trinajstić information content (AvgIpc) is 2.31. The second-order valence-corrected chi connectivity index (χ2v) is 3.01. The van der Waals surface area contributed by atoms with Gasteiger partial charge in [-0.25, -0.2) is 15.2 Å². The van der Waals surface area contributed by atoms with Crippen LogP contribution in [0.15, 0.2) is 6.20 Å². The minimum Gasteiger partial charge on any atom is -0.394 e. The molecule has 1 aromatic rings. The van der Waals surface area contributed by atoms with Gasteiger partial charge in [-0.1, -0.05) is 0 Å². The van der Waals surface area contributed by atoms with Crippen LogP contribution in [-0.2, 0) is 4.74 Å². The molecular formula is C8H14FN5O2. The van der Waals surface area contributed by atoms with Crippen molar-refractivity contribution in [3.05, 3.63) is 12.0 Å². The standard InChI is InChI=1S/C8H14FN5O2/c1-16-4-5(3-15)12-7-6(9)2-11-8(13-7)14-10/h2,5,15H,3-4,10H2,1H3,(H2,11,12,13,14). The van der Waals surface area contributed by atoms with Crippen molar-refractivity contribution in [2.75, 3.05) is 31.1 Å². The first-order valence-electron chi connectivity index (χ1n) is 4.56. The monoisotopic (exact) mass is 231 g/mol. The molecule has 1 aromatic heterocycles. The molecule has 0 aliphatic rings. The Balaban J connectivity index is 2.77. The van der Waals surface area contributed by atoms with Crippen molar-refractivity contribution in [3.8, 4) is 0 Å². The van der Waals surface area contributed by atoms with Crippen molar-refractivity contribution in [3.63, 3.8) is 0 Å². The highest BCUT2D eigenvalue weighted by atomic mass is 19.1. The van der Waals surface area contributed by atoms with Gasteiger partial charge in [0.1, 0.15) is 0 Å². The van der Waals surface area contributed by atoms with Crippen molar-refractivity contribution < 1.29 is 14.2 Å². The molecule has 1 heterocycles. The molecule has 0 bridgehead atoms. The van der Waals surface area contributed by atoms with Crippen LogP contribution in [-0.4, -0.2) is 41.4 Å². The highest BCUT2D eigenvalue weighted by Crippen LogP contribution is 2.12. The molecule has 8 heteroatoms. The fraction of sp³-hybridized carbons (Fsp3) is 0.500. The molecule has 0 amide bonds. The molecule has 16 heavy (non-hydrogen) atoms. The van der Waals surface area contributed by atoms with E-state index >= 15 is 0 Å². The van der Waals surface area contributed by atoms with Crippen molar-refractivity contribution in [2.45, 2.75) is 6.04 Å². The third kappa shape index (κ3) is 3.26. The second kappa shape index (κ2) is 6.16. The summed E-state index contributed by atoms with van der Waals surface area (Å²) >= 11 is 0. The number of hydrogen-bond acceptors (Lipinski definition) is 7. The summed E-state index contributed by atoms with van der Waals surface area (Å²) < 4.78 is 18.1. The van der Waals surface area contributed by atoms with Crippen molar-refractivity contribution >= 4 is 11.8 Å². The number of anilines is 2. The lowest BCUT2D eigenvalue weighted by Gasteiger charge is -2.16. The van der Waals surface area contributed by atoms with Crippen LogP contribution in [0.5, 0.6) is 0 Å². The number of hydrogen-bond donors (Lipinski definition) is 4. The molecule has 1 atom stereocenters. The van der Waals surface area contributed by atoms with Crippen LogP contribution in [0.3, 0.4) is 0 Å². The maximum absolute atomic E-state index is 13.3. The van der Waals surface area contributed by atoms with Gasteiger partial charge in [0.25, 0.3) is 0 Å². The molecule has 7 nitrogen and oxygen atoms in total. The summed E-state index contributed by atoms with van der Waals surface area (Å²) in [5, 5.41) is 11.7. The number of aliphatic hydroxyl groups excluding tert-OH is 1. The Morgan fingerprint density at radius 3 is 3.00 bits per heavy atom. The zero-order valence-corrected chi connectivity index (χ0v) is 8.77. The number of nitrogens with one attached hydrogen (secondary N) is 2. The number of nitrogens with two attached hydrogens (primary N) is 1. The molecule has 0 aliphatic heterocycles. The Morgan fingerprint density at radius 1 is 1.69 bits per heavy atom. The third-order valence-electron chi connectivity index (χ3n) is 1.80. The van der Waals surface area contributed by atoms with E-state index in [9.17, 15) is 4.39 Å². The summed E-state index contributed by atoms with van der Waals surface area (Å²) in [5.41, 5.74) is 2.20. The maximum Gasteiger partial charge on any atom is 0.239 e. The number of aromatic nitrogens is 2. The van der Waals surface area contributed by atoms with Gasteiger partial charge in [0.2, 0.25) is 5.95 Å². The van der Waals surface area contributed by atoms with Gasteiger partial charge in [-0.3, -0.25) is 5.43 Å². The zero-order valence-electron chi connectivity index (χ0n) is 8.77. The van der Waals surface area contributed by atoms with Gasteiger partial charge in [0.05, 0.1) is 25.5 Å². The molecule has 0 spiro atoms. The minimum atomic E-state index is -0.631. The smallest absolute Gasteiger partial charge is 0.239 e. The van der Waals surface area contributed by atoms with Gasteiger partial charge < -0.3 is 15.2 Å². The van der Waals surface area contributed by atoms with E-state index in [2.05, 4.69) is 20.7 Å². The van der Waals surface area contributed by atoms with E-state index in [1.165, 1.54) is 7.11 Å². The first-order chi connectivity index (χ1) is 7.71. The van der Waals surface area contributed by atoms with Crippen LogP contribution in [0.25, 0.3) is 0 Å². The quantitative estimate of drug-likeness (QED) is 0.379. The lowest BCUT2D eigenvalue weighted by Crippen LogP contribution is -2.30. The predicted molar refractivity (Wildman–Crippen MR) is 56.2 cm³/mol. The van der Waals surface area contributed by atoms with Crippen LogP contribution >= 0.6 is 0 Å². The Bertz CT molecular complexity index is 338. The fourth-order valence-electron chi connectivity index (χ4n) is 1.07. The summed E-state index contributed by atoms with van der Waals surface area (Å²) in [4.78, 5) is 7.34. The van der Waals surface area contributed by atoms with E-state index in [1.807, 2.05) is 0 Å². The minimum absolute atomic E-state index is 0.0425. The summed E-state index contributed by atoms with van der Waals surface area (Å²) in [7, 11) is 1.48. The van der Waals surface area contributed by atoms with Crippen molar-refractivity contribution in [1.29, 1.82) is 0 Å². The van der Waals surface area contributed by atoms with Gasteiger partial charge in [0, 0.05) is 7.11 Å². The Morgan fingerprint density at radius 2 is 2.44 bits per heavy atom. The normalized spacial score (nSPS) is 12.2. The third-order valence-corrected chi connectivity index (χ3v) is 1.80. The van der Waals surface area contributed by atoms with Gasteiger partial charge >= 0.3 is 0 Å². The molecule has 0 fully saturated rings. The first kappa shape index (κ1) is 12.6. The number of aliphatic hydroxyl groups is 1. The van der Waals surface area contributed by atoms with E-state index in [0.29, 0.717) is 0 Å². The van der Waals surface area contributed by atoms with E-state index in [0.717, 1.165) is 6.20 Å². The van der Waals surface area contributed by atoms with Crippen LogP contribution in [0.2, 0.25) is 0 Å². The zero-order chi connectivity index (χ0) is 12.0. The maximum atomic E-state index is 13.3. The van der Waals surface area contributed by atoms with Crippen molar-refractivity contribution in [1.82, 2.24) is 9.97 Å². The molecule has 1 rings (SSSR count). The largest absolute Gasteiger partial charge is 0.394 e. The predicted octanol–water partition coefficient (Wildman–Crippen LogP) is -0.679. The van der Waals surface area contributed by atoms with Gasteiger partial charge in [-0.05, 0) is 0 Å². The summed E-state index contributed by atoms with van der Waals surface area (Å²) in [6.07, 6.45) is 0.978. The van der Waals surface area contributed by atoms with Crippen LogP contribution in [0.4, 0.5) is 16.2 Å². The fourth-order valence-corrected chi connectivity index (χ4v) is 1.07. The van der Waals surface area contributed by atoms with Gasteiger partial charge in [-0.15, -0.1) is 0 Å². The molecule has 0 radical (unpaired) electrons. The molecule has 90 valence electrons. The molecule has 0 aliphatic carbocycles. The highest BCUT2D eigenvalue weighted by molar-refractivity contribution is 5.41. The van der Waals surface area contributed by atoms with Crippen LogP contribution < -0.4 is 16.6 Å². The molecule has 0 saturated carbocycles. The average molecular weight is 231 g/mol. The molecule has 1 unspecified atom stereocenters. The number of hydrazine groups is 1. The lowest BCUT2D eigenvalue weighted by atomic mass is 10.3. The Labute approximate surface area is 91.8 Å². The number of ether oxygens (including phenoxy) is 1. The van der Waals surface area contributed by atoms with Gasteiger partial charge in [-0.2, -0.15) is 4.98 Å². The number of nitrogens with zero attached hydrogens (tertiary/aromatic N) is 2. The van der Waals surface area contributed by atoms with E-state index in [-0.39, 0.29) is 25.0 Å². The number of methoxy groups -OCH3 is 1. The summed E-state index contributed by atoms with van der Waals surface area (Å²) in [5.74, 6) is 4.50. The van der Waals surface area contributed by atoms with Gasteiger partial charge in [0.15, 0.2) is 11.6 Å². The number of nitrogen functional groups attached to an aromatic ring is 1. The number of rotatable bonds is 6. The van der Waals surface area contributed by atoms with E-state index < -0.39 is 11.9 Å². The molecular weight excluding hydrogens is 217 g/mol. The Hall–Kier alpha value is -1.51. The molecule has 0 saturated heterocycles. The Kier molecular flexibility index (Phi) is 4.83. The topological polar surface area (TPSA) is 105 Å². The molecule has 5 N–H and O–H groups in total. The SMILES string of the molecule is COCC(CO)Nc1nc(NN)ncc1F. The second-order valence-electron chi connectivity index (χ2n) is 3.01. The lowest BCUT2D eigenvalue weighted by molar-refractivity contribution is 0.153. The van der Waals surface area contributed by atoms with Crippen LogP contribution in [0.1, 0.15) is 0 Å². The van der Waals surface area contributed by atoms with Crippen molar-refractivity contribution in [2.24, 2.45) is 5.84 Å². The number of halogens is 1. The van der Waals surface area contributed by atoms with E-state index in [4.69, 9.17) is 15.7 Å². The van der Waals surface area contributed by atoms with Crippen LogP contribution in [0, 0.1) is 5.82 Å². The summed E-state index contributed by atoms with van der Waals surface area (Å²) in [6, 6.07) is -0.444. The summed E-state index contributed by atoms with van der Waals surface area (Å²) in [6.45, 7) is 0.0218. The van der Waals surface area contributed by atoms with E-state index in [1.54, 1.807) is 0 Å². The molecule has 0 aromatic carbocycles.